The standard InChI is InChI=1S/C23H29F2NO2/c1-15-8-20(24)22(25)21(9-15)28-14-19(27)13-26-23(2,3)12-16-10-17-6-4-5-7-18(17)11-16/h4-9,16,19,26-27H,10-14H2,1-3H3/t19-/m1/s1. The first-order valence-corrected chi connectivity index (χ1v) is 9.82. The molecule has 2 N–H and O–H groups in total. The number of aliphatic hydroxyl groups excluding tert-OH is 1. The number of halogens is 2. The van der Waals surface area contributed by atoms with Gasteiger partial charge in [0.1, 0.15) is 12.7 Å². The van der Waals surface area contributed by atoms with Crippen LogP contribution in [0.4, 0.5) is 8.78 Å². The summed E-state index contributed by atoms with van der Waals surface area (Å²) in [5.41, 5.74) is 3.29. The minimum absolute atomic E-state index is 0.0994. The lowest BCUT2D eigenvalue weighted by Gasteiger charge is -2.30. The van der Waals surface area contributed by atoms with Crippen molar-refractivity contribution in [2.45, 2.75) is 51.7 Å². The minimum Gasteiger partial charge on any atom is -0.488 e. The molecule has 3 nitrogen and oxygen atoms in total. The normalized spacial score (nSPS) is 15.5. The van der Waals surface area contributed by atoms with Crippen LogP contribution < -0.4 is 10.1 Å². The van der Waals surface area contributed by atoms with Gasteiger partial charge in [0.2, 0.25) is 5.82 Å². The summed E-state index contributed by atoms with van der Waals surface area (Å²) < 4.78 is 32.5. The molecule has 0 aliphatic heterocycles. The van der Waals surface area contributed by atoms with Gasteiger partial charge in [-0.2, -0.15) is 4.39 Å². The van der Waals surface area contributed by atoms with Gasteiger partial charge in [0.15, 0.2) is 11.6 Å². The number of hydrogen-bond donors (Lipinski definition) is 2. The van der Waals surface area contributed by atoms with Crippen LogP contribution in [0.1, 0.15) is 37.0 Å². The van der Waals surface area contributed by atoms with Crippen molar-refractivity contribution >= 4 is 0 Å². The quantitative estimate of drug-likeness (QED) is 0.712. The molecule has 0 unspecified atom stereocenters. The molecule has 1 aliphatic carbocycles. The van der Waals surface area contributed by atoms with E-state index in [1.807, 2.05) is 0 Å². The topological polar surface area (TPSA) is 41.5 Å². The van der Waals surface area contributed by atoms with Gasteiger partial charge >= 0.3 is 0 Å². The van der Waals surface area contributed by atoms with E-state index in [1.54, 1.807) is 6.92 Å². The third kappa shape index (κ3) is 5.30. The van der Waals surface area contributed by atoms with Crippen molar-refractivity contribution in [3.05, 3.63) is 64.7 Å². The molecule has 28 heavy (non-hydrogen) atoms. The molecule has 152 valence electrons. The van der Waals surface area contributed by atoms with Crippen molar-refractivity contribution in [2.24, 2.45) is 5.92 Å². The third-order valence-corrected chi connectivity index (χ3v) is 5.32. The van der Waals surface area contributed by atoms with Crippen molar-refractivity contribution in [1.29, 1.82) is 0 Å². The van der Waals surface area contributed by atoms with E-state index in [9.17, 15) is 13.9 Å². The van der Waals surface area contributed by atoms with E-state index in [1.165, 1.54) is 17.2 Å². The molecule has 0 spiro atoms. The molecule has 2 aromatic carbocycles. The number of ether oxygens (including phenoxy) is 1. The second kappa shape index (κ2) is 8.58. The van der Waals surface area contributed by atoms with Crippen molar-refractivity contribution in [2.75, 3.05) is 13.2 Å². The van der Waals surface area contributed by atoms with Crippen LogP contribution in [0.15, 0.2) is 36.4 Å². The van der Waals surface area contributed by atoms with Gasteiger partial charge in [0.05, 0.1) is 0 Å². The summed E-state index contributed by atoms with van der Waals surface area (Å²) in [6.45, 7) is 6.13. The number of aliphatic hydroxyl groups is 1. The Balaban J connectivity index is 1.45. The molecule has 0 saturated heterocycles. The smallest absolute Gasteiger partial charge is 0.200 e. The van der Waals surface area contributed by atoms with Crippen molar-refractivity contribution in [1.82, 2.24) is 5.32 Å². The molecule has 0 amide bonds. The Morgan fingerprint density at radius 2 is 1.82 bits per heavy atom. The van der Waals surface area contributed by atoms with Crippen LogP contribution in [0.25, 0.3) is 0 Å². The van der Waals surface area contributed by atoms with Gasteiger partial charge in [-0.15, -0.1) is 0 Å². The predicted molar refractivity (Wildman–Crippen MR) is 107 cm³/mol. The van der Waals surface area contributed by atoms with Crippen molar-refractivity contribution in [3.63, 3.8) is 0 Å². The van der Waals surface area contributed by atoms with Gasteiger partial charge in [0.25, 0.3) is 0 Å². The highest BCUT2D eigenvalue weighted by atomic mass is 19.2. The molecule has 3 rings (SSSR count). The van der Waals surface area contributed by atoms with Gasteiger partial charge in [-0.05, 0) is 74.8 Å². The average molecular weight is 389 g/mol. The molecular formula is C23H29F2NO2. The monoisotopic (exact) mass is 389 g/mol. The first-order chi connectivity index (χ1) is 13.2. The Kier molecular flexibility index (Phi) is 6.36. The SMILES string of the molecule is Cc1cc(F)c(F)c(OC[C@H](O)CNC(C)(C)CC2Cc3ccccc3C2)c1. The molecule has 0 bridgehead atoms. The summed E-state index contributed by atoms with van der Waals surface area (Å²) in [5, 5.41) is 13.6. The predicted octanol–water partition coefficient (Wildman–Crippen LogP) is 4.19. The van der Waals surface area contributed by atoms with Crippen LogP contribution in [-0.4, -0.2) is 29.9 Å². The fraction of sp³-hybridized carbons (Fsp3) is 0.478. The summed E-state index contributed by atoms with van der Waals surface area (Å²) in [5.74, 6) is -1.55. The highest BCUT2D eigenvalue weighted by Crippen LogP contribution is 2.31. The zero-order valence-electron chi connectivity index (χ0n) is 16.8. The number of fused-ring (bicyclic) bond motifs is 1. The Morgan fingerprint density at radius 3 is 2.46 bits per heavy atom. The first kappa shape index (κ1) is 20.7. The molecule has 2 aromatic rings. The Labute approximate surface area is 165 Å². The minimum atomic E-state index is -1.02. The van der Waals surface area contributed by atoms with Crippen LogP contribution >= 0.6 is 0 Å². The molecular weight excluding hydrogens is 360 g/mol. The zero-order chi connectivity index (χ0) is 20.3. The van der Waals surface area contributed by atoms with E-state index in [0.717, 1.165) is 25.3 Å². The summed E-state index contributed by atoms with van der Waals surface area (Å²) in [6, 6.07) is 11.1. The molecule has 1 atom stereocenters. The van der Waals surface area contributed by atoms with Gasteiger partial charge in [0, 0.05) is 12.1 Å². The van der Waals surface area contributed by atoms with Gasteiger partial charge in [-0.3, -0.25) is 0 Å². The number of rotatable bonds is 8. The van der Waals surface area contributed by atoms with Crippen LogP contribution in [0.3, 0.4) is 0 Å². The van der Waals surface area contributed by atoms with E-state index >= 15 is 0 Å². The second-order valence-electron chi connectivity index (χ2n) is 8.54. The highest BCUT2D eigenvalue weighted by Gasteiger charge is 2.28. The lowest BCUT2D eigenvalue weighted by Crippen LogP contribution is -2.46. The number of benzene rings is 2. The van der Waals surface area contributed by atoms with Gasteiger partial charge < -0.3 is 15.2 Å². The second-order valence-corrected chi connectivity index (χ2v) is 8.54. The molecule has 0 aromatic heterocycles. The fourth-order valence-corrected chi connectivity index (χ4v) is 4.02. The Bertz CT molecular complexity index is 797. The van der Waals surface area contributed by atoms with E-state index in [2.05, 4.69) is 43.4 Å². The largest absolute Gasteiger partial charge is 0.488 e. The van der Waals surface area contributed by atoms with Crippen LogP contribution in [0.5, 0.6) is 5.75 Å². The maximum Gasteiger partial charge on any atom is 0.200 e. The number of nitrogens with one attached hydrogen (secondary N) is 1. The lowest BCUT2D eigenvalue weighted by atomic mass is 9.88. The molecule has 0 heterocycles. The lowest BCUT2D eigenvalue weighted by molar-refractivity contribution is 0.0942. The number of hydrogen-bond acceptors (Lipinski definition) is 3. The molecule has 0 saturated carbocycles. The van der Waals surface area contributed by atoms with Gasteiger partial charge in [-0.1, -0.05) is 24.3 Å². The molecule has 5 heteroatoms. The Morgan fingerprint density at radius 1 is 1.18 bits per heavy atom. The van der Waals surface area contributed by atoms with E-state index in [0.29, 0.717) is 18.0 Å². The maximum absolute atomic E-state index is 13.7. The molecule has 0 fully saturated rings. The molecule has 1 aliphatic rings. The summed E-state index contributed by atoms with van der Waals surface area (Å²) in [6.07, 6.45) is 2.35. The molecule has 0 radical (unpaired) electrons. The number of β-amino-alcohol motifs (C(OH)–C–C–N with tert-alkyl or cyclic N) is 1. The summed E-state index contributed by atoms with van der Waals surface area (Å²) in [7, 11) is 0. The van der Waals surface area contributed by atoms with Crippen LogP contribution in [0, 0.1) is 24.5 Å². The van der Waals surface area contributed by atoms with E-state index < -0.39 is 17.7 Å². The fourth-order valence-electron chi connectivity index (χ4n) is 4.02. The van der Waals surface area contributed by atoms with Crippen molar-refractivity contribution in [3.8, 4) is 5.75 Å². The summed E-state index contributed by atoms with van der Waals surface area (Å²) >= 11 is 0. The maximum atomic E-state index is 13.7. The number of aryl methyl sites for hydroxylation is 1. The highest BCUT2D eigenvalue weighted by molar-refractivity contribution is 5.32. The third-order valence-electron chi connectivity index (χ3n) is 5.32. The van der Waals surface area contributed by atoms with Gasteiger partial charge in [-0.25, -0.2) is 4.39 Å². The first-order valence-electron chi connectivity index (χ1n) is 9.82. The van der Waals surface area contributed by atoms with Crippen molar-refractivity contribution < 1.29 is 18.6 Å². The van der Waals surface area contributed by atoms with Crippen LogP contribution in [-0.2, 0) is 12.8 Å². The van der Waals surface area contributed by atoms with E-state index in [-0.39, 0.29) is 17.9 Å². The Hall–Kier alpha value is -1.98. The van der Waals surface area contributed by atoms with E-state index in [4.69, 9.17) is 4.74 Å². The van der Waals surface area contributed by atoms with Crippen LogP contribution in [0.2, 0.25) is 0 Å². The average Bonchev–Trinajstić information content (AvgIpc) is 3.03. The summed E-state index contributed by atoms with van der Waals surface area (Å²) in [4.78, 5) is 0. The zero-order valence-corrected chi connectivity index (χ0v) is 16.8.